The summed E-state index contributed by atoms with van der Waals surface area (Å²) in [5, 5.41) is 13.2. The van der Waals surface area contributed by atoms with Gasteiger partial charge in [-0.25, -0.2) is 4.39 Å². The van der Waals surface area contributed by atoms with Gasteiger partial charge in [0, 0.05) is 17.6 Å². The smallest absolute Gasteiger partial charge is 0.123 e. The van der Waals surface area contributed by atoms with E-state index in [1.54, 1.807) is 13.2 Å². The van der Waals surface area contributed by atoms with E-state index in [0.717, 1.165) is 21.3 Å². The fraction of sp³-hybridized carbons (Fsp3) is 0.250. The number of methoxy groups -OCH3 is 1. The number of hydrogen-bond donors (Lipinski definition) is 2. The molecule has 0 aromatic heterocycles. The molecule has 1 unspecified atom stereocenters. The number of aliphatic hydroxyl groups is 1. The Kier molecular flexibility index (Phi) is 5.73. The summed E-state index contributed by atoms with van der Waals surface area (Å²) in [6.45, 7) is 0.862. The molecule has 2 aromatic carbocycles. The Bertz CT molecular complexity index is 589. The highest BCUT2D eigenvalue weighted by Gasteiger charge is 2.08. The van der Waals surface area contributed by atoms with Gasteiger partial charge in [0.1, 0.15) is 11.6 Å². The third-order valence-electron chi connectivity index (χ3n) is 3.16. The Morgan fingerprint density at radius 2 is 1.95 bits per heavy atom. The van der Waals surface area contributed by atoms with E-state index in [1.807, 2.05) is 24.3 Å². The monoisotopic (exact) mass is 353 g/mol. The zero-order chi connectivity index (χ0) is 15.2. The Morgan fingerprint density at radius 3 is 2.62 bits per heavy atom. The van der Waals surface area contributed by atoms with Crippen LogP contribution in [-0.2, 0) is 6.54 Å². The van der Waals surface area contributed by atoms with Crippen molar-refractivity contribution in [1.29, 1.82) is 0 Å². The fourth-order valence-electron chi connectivity index (χ4n) is 1.97. The topological polar surface area (TPSA) is 41.5 Å². The molecule has 0 saturated heterocycles. The van der Waals surface area contributed by atoms with E-state index in [9.17, 15) is 9.50 Å². The Balaban J connectivity index is 1.88. The SMILES string of the molecule is COc1ccc(C(O)CNCc2cc(F)ccc2Br)cc1. The molecule has 0 spiro atoms. The van der Waals surface area contributed by atoms with Gasteiger partial charge in [0.05, 0.1) is 13.2 Å². The van der Waals surface area contributed by atoms with E-state index < -0.39 is 6.10 Å². The summed E-state index contributed by atoms with van der Waals surface area (Å²) in [7, 11) is 1.60. The Hall–Kier alpha value is -1.43. The molecule has 0 fully saturated rings. The lowest BCUT2D eigenvalue weighted by Crippen LogP contribution is -2.21. The van der Waals surface area contributed by atoms with Crippen LogP contribution in [0.2, 0.25) is 0 Å². The molecule has 0 aliphatic rings. The van der Waals surface area contributed by atoms with E-state index in [-0.39, 0.29) is 5.82 Å². The van der Waals surface area contributed by atoms with Crippen LogP contribution >= 0.6 is 15.9 Å². The van der Waals surface area contributed by atoms with Gasteiger partial charge in [0.15, 0.2) is 0 Å². The number of halogens is 2. The van der Waals surface area contributed by atoms with Gasteiger partial charge in [-0.2, -0.15) is 0 Å². The second-order valence-corrected chi connectivity index (χ2v) is 5.51. The maximum absolute atomic E-state index is 13.2. The zero-order valence-corrected chi connectivity index (χ0v) is 13.2. The van der Waals surface area contributed by atoms with Crippen LogP contribution in [-0.4, -0.2) is 18.8 Å². The predicted octanol–water partition coefficient (Wildman–Crippen LogP) is 3.42. The summed E-state index contributed by atoms with van der Waals surface area (Å²) in [5.74, 6) is 0.480. The predicted molar refractivity (Wildman–Crippen MR) is 83.8 cm³/mol. The molecular weight excluding hydrogens is 337 g/mol. The second kappa shape index (κ2) is 7.54. The van der Waals surface area contributed by atoms with Crippen LogP contribution in [0, 0.1) is 5.82 Å². The molecule has 0 radical (unpaired) electrons. The van der Waals surface area contributed by atoms with Gasteiger partial charge >= 0.3 is 0 Å². The Labute approximate surface area is 131 Å². The van der Waals surface area contributed by atoms with Crippen molar-refractivity contribution in [3.63, 3.8) is 0 Å². The average molecular weight is 354 g/mol. The van der Waals surface area contributed by atoms with Crippen LogP contribution < -0.4 is 10.1 Å². The summed E-state index contributed by atoms with van der Waals surface area (Å²) >= 11 is 3.38. The minimum Gasteiger partial charge on any atom is -0.497 e. The molecule has 0 amide bonds. The standard InChI is InChI=1S/C16H17BrFNO2/c1-21-14-5-2-11(3-6-14)16(20)10-19-9-12-8-13(18)4-7-15(12)17/h2-8,16,19-20H,9-10H2,1H3. The maximum Gasteiger partial charge on any atom is 0.123 e. The minimum atomic E-state index is -0.622. The van der Waals surface area contributed by atoms with Crippen molar-refractivity contribution in [1.82, 2.24) is 5.32 Å². The molecule has 0 heterocycles. The van der Waals surface area contributed by atoms with Crippen molar-refractivity contribution in [3.05, 3.63) is 63.9 Å². The lowest BCUT2D eigenvalue weighted by atomic mass is 10.1. The number of benzene rings is 2. The van der Waals surface area contributed by atoms with Crippen molar-refractivity contribution in [2.75, 3.05) is 13.7 Å². The van der Waals surface area contributed by atoms with Crippen molar-refractivity contribution >= 4 is 15.9 Å². The first-order valence-electron chi connectivity index (χ1n) is 6.57. The van der Waals surface area contributed by atoms with Crippen molar-refractivity contribution in [2.24, 2.45) is 0 Å². The molecule has 0 aliphatic heterocycles. The third-order valence-corrected chi connectivity index (χ3v) is 3.94. The fourth-order valence-corrected chi connectivity index (χ4v) is 2.35. The molecule has 0 aliphatic carbocycles. The van der Waals surface area contributed by atoms with E-state index in [1.165, 1.54) is 12.1 Å². The molecule has 2 aromatic rings. The van der Waals surface area contributed by atoms with Crippen molar-refractivity contribution in [2.45, 2.75) is 12.6 Å². The molecule has 0 bridgehead atoms. The summed E-state index contributed by atoms with van der Waals surface area (Å²) in [5.41, 5.74) is 1.62. The average Bonchev–Trinajstić information content (AvgIpc) is 2.50. The zero-order valence-electron chi connectivity index (χ0n) is 11.6. The quantitative estimate of drug-likeness (QED) is 0.835. The highest BCUT2D eigenvalue weighted by Crippen LogP contribution is 2.19. The molecule has 112 valence electrons. The van der Waals surface area contributed by atoms with Crippen LogP contribution in [0.1, 0.15) is 17.2 Å². The highest BCUT2D eigenvalue weighted by molar-refractivity contribution is 9.10. The normalized spacial score (nSPS) is 12.2. The number of aliphatic hydroxyl groups excluding tert-OH is 1. The first-order chi connectivity index (χ1) is 10.1. The minimum absolute atomic E-state index is 0.272. The van der Waals surface area contributed by atoms with Crippen LogP contribution in [0.3, 0.4) is 0 Å². The van der Waals surface area contributed by atoms with Gasteiger partial charge in [-0.15, -0.1) is 0 Å². The van der Waals surface area contributed by atoms with Gasteiger partial charge in [0.25, 0.3) is 0 Å². The van der Waals surface area contributed by atoms with Crippen LogP contribution in [0.15, 0.2) is 46.9 Å². The molecule has 2 N–H and O–H groups in total. The van der Waals surface area contributed by atoms with E-state index in [2.05, 4.69) is 21.2 Å². The van der Waals surface area contributed by atoms with Crippen LogP contribution in [0.4, 0.5) is 4.39 Å². The van der Waals surface area contributed by atoms with E-state index in [4.69, 9.17) is 4.74 Å². The van der Waals surface area contributed by atoms with Crippen molar-refractivity contribution in [3.8, 4) is 5.75 Å². The van der Waals surface area contributed by atoms with Crippen LogP contribution in [0.5, 0.6) is 5.75 Å². The van der Waals surface area contributed by atoms with Gasteiger partial charge in [-0.05, 0) is 41.5 Å². The summed E-state index contributed by atoms with van der Waals surface area (Å²) < 4.78 is 19.1. The van der Waals surface area contributed by atoms with E-state index >= 15 is 0 Å². The molecule has 3 nitrogen and oxygen atoms in total. The molecule has 5 heteroatoms. The third kappa shape index (κ3) is 4.52. The molecule has 0 saturated carbocycles. The number of ether oxygens (including phenoxy) is 1. The number of rotatable bonds is 6. The van der Waals surface area contributed by atoms with Gasteiger partial charge in [-0.3, -0.25) is 0 Å². The molecule has 1 atom stereocenters. The lowest BCUT2D eigenvalue weighted by molar-refractivity contribution is 0.174. The Morgan fingerprint density at radius 1 is 1.24 bits per heavy atom. The highest BCUT2D eigenvalue weighted by atomic mass is 79.9. The van der Waals surface area contributed by atoms with Gasteiger partial charge < -0.3 is 15.2 Å². The van der Waals surface area contributed by atoms with Gasteiger partial charge in [0.2, 0.25) is 0 Å². The maximum atomic E-state index is 13.2. The lowest BCUT2D eigenvalue weighted by Gasteiger charge is -2.13. The van der Waals surface area contributed by atoms with Gasteiger partial charge in [-0.1, -0.05) is 28.1 Å². The van der Waals surface area contributed by atoms with Crippen LogP contribution in [0.25, 0.3) is 0 Å². The van der Waals surface area contributed by atoms with Crippen molar-refractivity contribution < 1.29 is 14.2 Å². The largest absolute Gasteiger partial charge is 0.497 e. The molecule has 21 heavy (non-hydrogen) atoms. The second-order valence-electron chi connectivity index (χ2n) is 4.66. The number of nitrogens with one attached hydrogen (secondary N) is 1. The first-order valence-corrected chi connectivity index (χ1v) is 7.36. The summed E-state index contributed by atoms with van der Waals surface area (Å²) in [6, 6.07) is 11.8. The summed E-state index contributed by atoms with van der Waals surface area (Å²) in [4.78, 5) is 0. The molecule has 2 rings (SSSR count). The molecular formula is C16H17BrFNO2. The summed E-state index contributed by atoms with van der Waals surface area (Å²) in [6.07, 6.45) is -0.622. The number of hydrogen-bond acceptors (Lipinski definition) is 3. The first kappa shape index (κ1) is 15.9. The van der Waals surface area contributed by atoms with E-state index in [0.29, 0.717) is 13.1 Å².